The molecule has 15 heteroatoms. The molecular formula is C16H13F7N7O+. The first-order valence-electron chi connectivity index (χ1n) is 8.47. The molecule has 0 aliphatic rings. The van der Waals surface area contributed by atoms with E-state index in [2.05, 4.69) is 24.9 Å². The highest BCUT2D eigenvalue weighted by molar-refractivity contribution is 5.90. The van der Waals surface area contributed by atoms with Crippen LogP contribution in [0.2, 0.25) is 0 Å². The summed E-state index contributed by atoms with van der Waals surface area (Å²) in [6, 6.07) is -2.27. The van der Waals surface area contributed by atoms with Gasteiger partial charge in [-0.1, -0.05) is 0 Å². The Morgan fingerprint density at radius 3 is 2.58 bits per heavy atom. The van der Waals surface area contributed by atoms with Gasteiger partial charge in [0.25, 0.3) is 12.0 Å². The number of anilines is 1. The van der Waals surface area contributed by atoms with E-state index in [1.807, 2.05) is 5.32 Å². The second kappa shape index (κ2) is 8.31. The van der Waals surface area contributed by atoms with Crippen molar-refractivity contribution < 1.29 is 40.5 Å². The van der Waals surface area contributed by atoms with Crippen molar-refractivity contribution >= 4 is 22.8 Å². The molecule has 3 rings (SSSR count). The van der Waals surface area contributed by atoms with Gasteiger partial charge >= 0.3 is 12.4 Å². The zero-order chi connectivity index (χ0) is 22.8. The van der Waals surface area contributed by atoms with Crippen molar-refractivity contribution in [2.24, 2.45) is 0 Å². The number of halogens is 7. The first-order valence-corrected chi connectivity index (χ1v) is 8.47. The van der Waals surface area contributed by atoms with Gasteiger partial charge in [-0.05, 0) is 4.98 Å². The van der Waals surface area contributed by atoms with Crippen molar-refractivity contribution in [1.82, 2.24) is 25.3 Å². The Bertz CT molecular complexity index is 1080. The Labute approximate surface area is 168 Å². The lowest BCUT2D eigenvalue weighted by molar-refractivity contribution is -0.380. The minimum atomic E-state index is -4.93. The average molecular weight is 452 g/mol. The molecule has 0 aliphatic heterocycles. The molecule has 3 aromatic rings. The second-order valence-corrected chi connectivity index (χ2v) is 6.27. The van der Waals surface area contributed by atoms with Gasteiger partial charge < -0.3 is 15.6 Å². The normalized spacial score (nSPS) is 13.3. The van der Waals surface area contributed by atoms with Crippen molar-refractivity contribution in [3.05, 3.63) is 30.7 Å². The number of carbonyl (C=O) groups excluding carboxylic acids is 1. The molecule has 0 bridgehead atoms. The molecule has 31 heavy (non-hydrogen) atoms. The van der Waals surface area contributed by atoms with Crippen LogP contribution in [0.25, 0.3) is 22.4 Å². The molecule has 3 aromatic heterocycles. The maximum Gasteiger partial charge on any atom is 0.405 e. The topological polar surface area (TPSA) is 110 Å². The molecule has 0 saturated heterocycles. The fraction of sp³-hybridized carbons (Fsp3) is 0.312. The van der Waals surface area contributed by atoms with Gasteiger partial charge in [-0.25, -0.2) is 19.3 Å². The molecule has 1 unspecified atom stereocenters. The third-order valence-corrected chi connectivity index (χ3v) is 3.91. The monoisotopic (exact) mass is 452 g/mol. The van der Waals surface area contributed by atoms with Crippen molar-refractivity contribution in [2.45, 2.75) is 24.8 Å². The summed E-state index contributed by atoms with van der Waals surface area (Å²) >= 11 is 0. The van der Waals surface area contributed by atoms with Crippen molar-refractivity contribution in [3.8, 4) is 11.4 Å². The lowest BCUT2D eigenvalue weighted by atomic mass is 10.1. The predicted molar refractivity (Wildman–Crippen MR) is 90.8 cm³/mol. The van der Waals surface area contributed by atoms with E-state index >= 15 is 0 Å². The molecule has 0 saturated carbocycles. The van der Waals surface area contributed by atoms with Crippen molar-refractivity contribution in [3.63, 3.8) is 0 Å². The van der Waals surface area contributed by atoms with Crippen molar-refractivity contribution in [2.75, 3.05) is 11.9 Å². The minimum absolute atomic E-state index is 0.127. The summed E-state index contributed by atoms with van der Waals surface area (Å²) in [6.07, 6.45) is -6.66. The quantitative estimate of drug-likeness (QED) is 0.498. The number of alkyl halides is 6. The predicted octanol–water partition coefficient (Wildman–Crippen LogP) is 2.38. The van der Waals surface area contributed by atoms with E-state index in [1.165, 1.54) is 24.0 Å². The van der Waals surface area contributed by atoms with E-state index in [0.717, 1.165) is 0 Å². The van der Waals surface area contributed by atoms with E-state index in [1.54, 1.807) is 0 Å². The van der Waals surface area contributed by atoms with Crippen LogP contribution >= 0.6 is 0 Å². The Balaban J connectivity index is 1.90. The summed E-state index contributed by atoms with van der Waals surface area (Å²) in [5.74, 6) is -3.74. The molecule has 0 aliphatic carbocycles. The van der Waals surface area contributed by atoms with Crippen LogP contribution in [0.1, 0.15) is 6.42 Å². The maximum atomic E-state index is 14.2. The fourth-order valence-electron chi connectivity index (χ4n) is 2.60. The van der Waals surface area contributed by atoms with Gasteiger partial charge in [0.05, 0.1) is 23.6 Å². The maximum absolute atomic E-state index is 14.2. The average Bonchev–Trinajstić information content (AvgIpc) is 3.10. The van der Waals surface area contributed by atoms with Crippen LogP contribution in [0.5, 0.6) is 0 Å². The molecule has 1 amide bonds. The Kier molecular flexibility index (Phi) is 5.94. The summed E-state index contributed by atoms with van der Waals surface area (Å²) < 4.78 is 89.6. The molecule has 8 nitrogen and oxygen atoms in total. The summed E-state index contributed by atoms with van der Waals surface area (Å²) in [6.45, 7) is -1.85. The number of rotatable bonds is 6. The summed E-state index contributed by atoms with van der Waals surface area (Å²) in [7, 11) is 0. The number of amides is 1. The smallest absolute Gasteiger partial charge is 0.356 e. The lowest BCUT2D eigenvalue weighted by Crippen LogP contribution is -2.45. The largest absolute Gasteiger partial charge is 0.405 e. The number of hydrogen-bond acceptors (Lipinski definition) is 5. The lowest BCUT2D eigenvalue weighted by Gasteiger charge is -2.21. The second-order valence-electron chi connectivity index (χ2n) is 6.27. The van der Waals surface area contributed by atoms with Gasteiger partial charge in [-0.15, -0.1) is 0 Å². The van der Waals surface area contributed by atoms with Crippen LogP contribution in [0.4, 0.5) is 36.6 Å². The minimum Gasteiger partial charge on any atom is -0.356 e. The number of aromatic nitrogens is 5. The van der Waals surface area contributed by atoms with Crippen LogP contribution in [-0.4, -0.2) is 50.8 Å². The molecule has 3 heterocycles. The third kappa shape index (κ3) is 5.76. The summed E-state index contributed by atoms with van der Waals surface area (Å²) in [5.41, 5.74) is 0.731. The number of nitrogens with one attached hydrogen (secondary N) is 4. The van der Waals surface area contributed by atoms with Gasteiger partial charge in [0.2, 0.25) is 5.91 Å². The van der Waals surface area contributed by atoms with Crippen LogP contribution in [0.3, 0.4) is 0 Å². The number of carbonyl (C=O) groups is 1. The van der Waals surface area contributed by atoms with Gasteiger partial charge in [0.1, 0.15) is 18.8 Å². The summed E-state index contributed by atoms with van der Waals surface area (Å²) in [5, 5.41) is 3.75. The van der Waals surface area contributed by atoms with Crippen LogP contribution in [-0.2, 0) is 4.79 Å². The van der Waals surface area contributed by atoms with E-state index in [-0.39, 0.29) is 5.82 Å². The van der Waals surface area contributed by atoms with E-state index < -0.39 is 48.9 Å². The Morgan fingerprint density at radius 2 is 1.90 bits per heavy atom. The number of hydrogen-bond donors (Lipinski definition) is 3. The van der Waals surface area contributed by atoms with Crippen molar-refractivity contribution in [1.29, 1.82) is 0 Å². The third-order valence-electron chi connectivity index (χ3n) is 3.91. The Hall–Kier alpha value is -3.52. The van der Waals surface area contributed by atoms with Gasteiger partial charge in [-0.2, -0.15) is 26.3 Å². The number of nitrogens with zero attached hydrogens (tertiary/aromatic N) is 3. The molecule has 4 N–H and O–H groups in total. The molecule has 166 valence electrons. The molecule has 0 fully saturated rings. The van der Waals surface area contributed by atoms with Gasteiger partial charge in [0, 0.05) is 6.20 Å². The van der Waals surface area contributed by atoms with Crippen LogP contribution in [0, 0.1) is 5.82 Å². The highest BCUT2D eigenvalue weighted by Gasteiger charge is 2.37. The molecular weight excluding hydrogens is 439 g/mol. The van der Waals surface area contributed by atoms with E-state index in [9.17, 15) is 35.5 Å². The van der Waals surface area contributed by atoms with E-state index in [0.29, 0.717) is 22.8 Å². The molecule has 0 spiro atoms. The van der Waals surface area contributed by atoms with Crippen LogP contribution in [0.15, 0.2) is 24.9 Å². The highest BCUT2D eigenvalue weighted by atomic mass is 19.4. The zero-order valence-electron chi connectivity index (χ0n) is 15.2. The first kappa shape index (κ1) is 22.2. The molecule has 0 aromatic carbocycles. The van der Waals surface area contributed by atoms with E-state index in [4.69, 9.17) is 0 Å². The fourth-order valence-corrected chi connectivity index (χ4v) is 2.60. The van der Waals surface area contributed by atoms with Gasteiger partial charge in [-0.3, -0.25) is 4.79 Å². The number of H-pyrrole nitrogens is 2. The molecule has 0 radical (unpaired) electrons. The van der Waals surface area contributed by atoms with Gasteiger partial charge in [0.15, 0.2) is 17.5 Å². The zero-order valence-corrected chi connectivity index (χ0v) is 15.2. The summed E-state index contributed by atoms with van der Waals surface area (Å²) in [4.78, 5) is 29.0. The standard InChI is InChI=1S/C16H12F7N7O/c17-9-4-26-12(8-3-25-11-7(8)2-24-6-28-11)30-13(9)29-10(1-15(18,19)20)14(31)27-5-16(21,22)23/h2-4,6,10H,1,5H2,(H,27,31)(H,24,25,28)(H,26,29,30)/p+1. The Morgan fingerprint density at radius 1 is 1.16 bits per heavy atom. The number of aromatic amines is 2. The van der Waals surface area contributed by atoms with Crippen LogP contribution < -0.4 is 15.6 Å². The SMILES string of the molecule is O=C(NCC(F)(F)F)C(CC(F)(F)F)Nc1nc(-c2c[nH]c3nc[nH+]cc23)ncc1F. The molecule has 1 atom stereocenters. The highest BCUT2D eigenvalue weighted by Crippen LogP contribution is 2.27. The first-order chi connectivity index (χ1) is 14.4. The number of fused-ring (bicyclic) bond motifs is 1.